The van der Waals surface area contributed by atoms with Crippen molar-refractivity contribution in [2.24, 2.45) is 0 Å². The summed E-state index contributed by atoms with van der Waals surface area (Å²) >= 11 is 0. The number of carboxylic acid groups (broad SMARTS) is 1. The lowest BCUT2D eigenvalue weighted by molar-refractivity contribution is -0.137. The van der Waals surface area contributed by atoms with Gasteiger partial charge in [0.25, 0.3) is 5.91 Å². The van der Waals surface area contributed by atoms with Crippen LogP contribution < -0.4 is 5.32 Å². The minimum Gasteiger partial charge on any atom is -0.481 e. The zero-order chi connectivity index (χ0) is 15.9. The number of nitrogens with one attached hydrogen (secondary N) is 1. The second-order valence-corrected chi connectivity index (χ2v) is 6.26. The average molecular weight is 291 g/mol. The van der Waals surface area contributed by atoms with E-state index in [0.29, 0.717) is 13.0 Å². The molecule has 0 spiro atoms. The highest BCUT2D eigenvalue weighted by Gasteiger charge is 2.20. The summed E-state index contributed by atoms with van der Waals surface area (Å²) in [5.74, 6) is -0.822. The largest absolute Gasteiger partial charge is 0.481 e. The number of carbonyl (C=O) groups excluding carboxylic acids is 1. The Morgan fingerprint density at radius 3 is 2.38 bits per heavy atom. The SMILES string of the molecule is CC(C)(C)c1ccccc1C(=O)NCCCCCC(=O)O. The Hall–Kier alpha value is -1.84. The summed E-state index contributed by atoms with van der Waals surface area (Å²) in [6.45, 7) is 6.85. The van der Waals surface area contributed by atoms with Gasteiger partial charge in [-0.1, -0.05) is 45.4 Å². The first kappa shape index (κ1) is 17.2. The van der Waals surface area contributed by atoms with Crippen LogP contribution >= 0.6 is 0 Å². The number of hydrogen-bond donors (Lipinski definition) is 2. The molecule has 0 heterocycles. The Morgan fingerprint density at radius 2 is 1.76 bits per heavy atom. The molecule has 0 aliphatic heterocycles. The van der Waals surface area contributed by atoms with Crippen molar-refractivity contribution in [3.05, 3.63) is 35.4 Å². The zero-order valence-corrected chi connectivity index (χ0v) is 13.1. The molecule has 4 heteroatoms. The predicted octanol–water partition coefficient (Wildman–Crippen LogP) is 3.36. The van der Waals surface area contributed by atoms with E-state index in [1.165, 1.54) is 0 Å². The van der Waals surface area contributed by atoms with Crippen molar-refractivity contribution in [2.75, 3.05) is 6.54 Å². The van der Waals surface area contributed by atoms with E-state index in [0.717, 1.165) is 24.0 Å². The molecule has 1 aromatic carbocycles. The third-order valence-corrected chi connectivity index (χ3v) is 3.33. The molecule has 0 atom stereocenters. The van der Waals surface area contributed by atoms with Crippen LogP contribution in [0.3, 0.4) is 0 Å². The van der Waals surface area contributed by atoms with E-state index in [1.54, 1.807) is 0 Å². The standard InChI is InChI=1S/C17H25NO3/c1-17(2,3)14-10-7-6-9-13(14)16(21)18-12-8-4-5-11-15(19)20/h6-7,9-10H,4-5,8,11-12H2,1-3H3,(H,18,21)(H,19,20). The Labute approximate surface area is 126 Å². The number of benzene rings is 1. The van der Waals surface area contributed by atoms with Crippen LogP contribution in [0, 0.1) is 0 Å². The second-order valence-electron chi connectivity index (χ2n) is 6.26. The third-order valence-electron chi connectivity index (χ3n) is 3.33. The molecule has 0 unspecified atom stereocenters. The second kappa shape index (κ2) is 7.81. The summed E-state index contributed by atoms with van der Waals surface area (Å²) in [5.41, 5.74) is 1.68. The molecular formula is C17H25NO3. The first-order valence-corrected chi connectivity index (χ1v) is 7.42. The molecule has 0 saturated heterocycles. The van der Waals surface area contributed by atoms with Gasteiger partial charge in [-0.05, 0) is 29.9 Å². The fourth-order valence-corrected chi connectivity index (χ4v) is 2.21. The lowest BCUT2D eigenvalue weighted by atomic mass is 9.83. The molecule has 4 nitrogen and oxygen atoms in total. The van der Waals surface area contributed by atoms with Crippen LogP contribution in [0.2, 0.25) is 0 Å². The fraction of sp³-hybridized carbons (Fsp3) is 0.529. The number of aliphatic carboxylic acids is 1. The maximum atomic E-state index is 12.2. The molecule has 1 rings (SSSR count). The van der Waals surface area contributed by atoms with Gasteiger partial charge in [0.2, 0.25) is 0 Å². The molecule has 116 valence electrons. The summed E-state index contributed by atoms with van der Waals surface area (Å²) in [6.07, 6.45) is 2.47. The molecule has 0 aliphatic rings. The van der Waals surface area contributed by atoms with Crippen LogP contribution in [0.15, 0.2) is 24.3 Å². The highest BCUT2D eigenvalue weighted by Crippen LogP contribution is 2.25. The van der Waals surface area contributed by atoms with Gasteiger partial charge in [0, 0.05) is 18.5 Å². The van der Waals surface area contributed by atoms with Gasteiger partial charge in [-0.2, -0.15) is 0 Å². The average Bonchev–Trinajstić information content (AvgIpc) is 2.41. The number of unbranched alkanes of at least 4 members (excludes halogenated alkanes) is 2. The summed E-state index contributed by atoms with van der Waals surface area (Å²) in [4.78, 5) is 22.6. The fourth-order valence-electron chi connectivity index (χ4n) is 2.21. The van der Waals surface area contributed by atoms with Gasteiger partial charge in [-0.25, -0.2) is 0 Å². The highest BCUT2D eigenvalue weighted by molar-refractivity contribution is 5.96. The van der Waals surface area contributed by atoms with E-state index in [1.807, 2.05) is 24.3 Å². The normalized spacial score (nSPS) is 11.2. The topological polar surface area (TPSA) is 66.4 Å². The van der Waals surface area contributed by atoms with E-state index < -0.39 is 5.97 Å². The lowest BCUT2D eigenvalue weighted by Crippen LogP contribution is -2.28. The summed E-state index contributed by atoms with van der Waals surface area (Å²) in [7, 11) is 0. The maximum Gasteiger partial charge on any atom is 0.303 e. The Kier molecular flexibility index (Phi) is 6.40. The molecule has 0 bridgehead atoms. The van der Waals surface area contributed by atoms with Crippen molar-refractivity contribution in [1.82, 2.24) is 5.32 Å². The van der Waals surface area contributed by atoms with Gasteiger partial charge >= 0.3 is 5.97 Å². The van der Waals surface area contributed by atoms with Crippen molar-refractivity contribution >= 4 is 11.9 Å². The number of carboxylic acids is 1. The van der Waals surface area contributed by atoms with Crippen molar-refractivity contribution in [1.29, 1.82) is 0 Å². The molecule has 0 fully saturated rings. The van der Waals surface area contributed by atoms with E-state index in [4.69, 9.17) is 5.11 Å². The molecule has 21 heavy (non-hydrogen) atoms. The molecule has 2 N–H and O–H groups in total. The van der Waals surface area contributed by atoms with Crippen molar-refractivity contribution in [3.63, 3.8) is 0 Å². The molecular weight excluding hydrogens is 266 g/mol. The Morgan fingerprint density at radius 1 is 1.10 bits per heavy atom. The molecule has 0 saturated carbocycles. The predicted molar refractivity (Wildman–Crippen MR) is 83.6 cm³/mol. The van der Waals surface area contributed by atoms with E-state index in [2.05, 4.69) is 26.1 Å². The van der Waals surface area contributed by atoms with Crippen molar-refractivity contribution in [2.45, 2.75) is 51.9 Å². The van der Waals surface area contributed by atoms with Crippen LogP contribution in [0.1, 0.15) is 62.4 Å². The minimum atomic E-state index is -0.766. The van der Waals surface area contributed by atoms with Crippen molar-refractivity contribution < 1.29 is 14.7 Å². The minimum absolute atomic E-state index is 0.0567. The van der Waals surface area contributed by atoms with E-state index in [9.17, 15) is 9.59 Å². The van der Waals surface area contributed by atoms with E-state index in [-0.39, 0.29) is 17.7 Å². The summed E-state index contributed by atoms with van der Waals surface area (Å²) < 4.78 is 0. The van der Waals surface area contributed by atoms with Crippen LogP contribution in [0.25, 0.3) is 0 Å². The maximum absolute atomic E-state index is 12.2. The summed E-state index contributed by atoms with van der Waals surface area (Å²) in [6, 6.07) is 7.66. The monoisotopic (exact) mass is 291 g/mol. The number of rotatable bonds is 7. The smallest absolute Gasteiger partial charge is 0.303 e. The quantitative estimate of drug-likeness (QED) is 0.757. The summed E-state index contributed by atoms with van der Waals surface area (Å²) in [5, 5.41) is 11.5. The van der Waals surface area contributed by atoms with Crippen molar-refractivity contribution in [3.8, 4) is 0 Å². The van der Waals surface area contributed by atoms with Gasteiger partial charge in [-0.15, -0.1) is 0 Å². The number of amides is 1. The van der Waals surface area contributed by atoms with Gasteiger partial charge in [0.1, 0.15) is 0 Å². The molecule has 1 amide bonds. The molecule has 0 aliphatic carbocycles. The Balaban J connectivity index is 2.48. The van der Waals surface area contributed by atoms with Gasteiger partial charge in [-0.3, -0.25) is 9.59 Å². The first-order valence-electron chi connectivity index (χ1n) is 7.42. The zero-order valence-electron chi connectivity index (χ0n) is 13.1. The van der Waals surface area contributed by atoms with Gasteiger partial charge in [0.05, 0.1) is 0 Å². The number of carbonyl (C=O) groups is 2. The van der Waals surface area contributed by atoms with Crippen LogP contribution in [0.5, 0.6) is 0 Å². The van der Waals surface area contributed by atoms with Crippen LogP contribution in [0.4, 0.5) is 0 Å². The lowest BCUT2D eigenvalue weighted by Gasteiger charge is -2.22. The van der Waals surface area contributed by atoms with Gasteiger partial charge in [0.15, 0.2) is 0 Å². The van der Waals surface area contributed by atoms with Crippen LogP contribution in [-0.4, -0.2) is 23.5 Å². The van der Waals surface area contributed by atoms with Crippen LogP contribution in [-0.2, 0) is 10.2 Å². The first-order chi connectivity index (χ1) is 9.82. The molecule has 1 aromatic rings. The van der Waals surface area contributed by atoms with Gasteiger partial charge < -0.3 is 10.4 Å². The third kappa shape index (κ3) is 5.98. The Bertz CT molecular complexity index is 489. The number of hydrogen-bond acceptors (Lipinski definition) is 2. The molecule has 0 aromatic heterocycles. The molecule has 0 radical (unpaired) electrons. The highest BCUT2D eigenvalue weighted by atomic mass is 16.4. The van der Waals surface area contributed by atoms with E-state index >= 15 is 0 Å².